The molecule has 1 atom stereocenters. The summed E-state index contributed by atoms with van der Waals surface area (Å²) in [4.78, 5) is 0. The topological polar surface area (TPSA) is 75.2 Å². The van der Waals surface area contributed by atoms with Crippen molar-refractivity contribution in [2.24, 2.45) is 5.73 Å². The van der Waals surface area contributed by atoms with Gasteiger partial charge < -0.3 is 15.2 Å². The van der Waals surface area contributed by atoms with Crippen molar-refractivity contribution in [1.82, 2.24) is 15.0 Å². The van der Waals surface area contributed by atoms with Crippen LogP contribution in [0, 0.1) is 0 Å². The first-order chi connectivity index (χ1) is 6.79. The van der Waals surface area contributed by atoms with E-state index in [4.69, 9.17) is 15.2 Å². The van der Waals surface area contributed by atoms with Crippen LogP contribution in [0.25, 0.3) is 0 Å². The third-order valence-corrected chi connectivity index (χ3v) is 1.88. The van der Waals surface area contributed by atoms with E-state index in [1.54, 1.807) is 25.1 Å². The molecule has 1 heterocycles. The molecule has 1 aromatic rings. The van der Waals surface area contributed by atoms with Crippen molar-refractivity contribution in [3.63, 3.8) is 0 Å². The average Bonchev–Trinajstić information content (AvgIpc) is 2.63. The molecule has 1 aromatic heterocycles. The van der Waals surface area contributed by atoms with Gasteiger partial charge in [0.25, 0.3) is 0 Å². The molecule has 0 unspecified atom stereocenters. The van der Waals surface area contributed by atoms with E-state index in [1.165, 1.54) is 0 Å². The van der Waals surface area contributed by atoms with Gasteiger partial charge in [0.2, 0.25) is 0 Å². The summed E-state index contributed by atoms with van der Waals surface area (Å²) in [5.41, 5.74) is 6.72. The standard InChI is InChI=1S/C8H16N4O2/c1-13-4-3-12-8(5-10-11-12)7(9)6-14-2/h5,7H,3-4,6,9H2,1-2H3/t7-/m1/s1. The van der Waals surface area contributed by atoms with Crippen LogP contribution in [0.2, 0.25) is 0 Å². The van der Waals surface area contributed by atoms with Crippen molar-refractivity contribution in [3.05, 3.63) is 11.9 Å². The molecular formula is C8H16N4O2. The van der Waals surface area contributed by atoms with Gasteiger partial charge in [0.15, 0.2) is 0 Å². The van der Waals surface area contributed by atoms with E-state index in [2.05, 4.69) is 10.3 Å². The molecule has 80 valence electrons. The lowest BCUT2D eigenvalue weighted by Gasteiger charge is -2.11. The molecule has 0 aliphatic heterocycles. The Balaban J connectivity index is 2.61. The SMILES string of the molecule is COCCn1nncc1[C@H](N)COC. The third-order valence-electron chi connectivity index (χ3n) is 1.88. The Hall–Kier alpha value is -0.980. The van der Waals surface area contributed by atoms with E-state index in [9.17, 15) is 0 Å². The highest BCUT2D eigenvalue weighted by atomic mass is 16.5. The van der Waals surface area contributed by atoms with Crippen LogP contribution in [0.5, 0.6) is 0 Å². The van der Waals surface area contributed by atoms with E-state index in [-0.39, 0.29) is 6.04 Å². The zero-order valence-corrected chi connectivity index (χ0v) is 8.51. The Morgan fingerprint density at radius 3 is 2.93 bits per heavy atom. The quantitative estimate of drug-likeness (QED) is 0.674. The smallest absolute Gasteiger partial charge is 0.0778 e. The number of methoxy groups -OCH3 is 2. The summed E-state index contributed by atoms with van der Waals surface area (Å²) in [6, 6.07) is -0.188. The maximum Gasteiger partial charge on any atom is 0.0778 e. The molecule has 6 nitrogen and oxygen atoms in total. The van der Waals surface area contributed by atoms with Gasteiger partial charge in [-0.1, -0.05) is 5.21 Å². The molecule has 0 amide bonds. The van der Waals surface area contributed by atoms with Gasteiger partial charge in [-0.3, -0.25) is 0 Å². The molecule has 0 fully saturated rings. The van der Waals surface area contributed by atoms with Crippen LogP contribution >= 0.6 is 0 Å². The molecule has 1 rings (SSSR count). The monoisotopic (exact) mass is 200 g/mol. The molecule has 0 aromatic carbocycles. The van der Waals surface area contributed by atoms with Crippen molar-refractivity contribution >= 4 is 0 Å². The van der Waals surface area contributed by atoms with E-state index >= 15 is 0 Å². The van der Waals surface area contributed by atoms with E-state index in [1.807, 2.05) is 0 Å². The zero-order valence-electron chi connectivity index (χ0n) is 8.51. The molecule has 0 saturated carbocycles. The first-order valence-corrected chi connectivity index (χ1v) is 4.41. The molecule has 0 saturated heterocycles. The lowest BCUT2D eigenvalue weighted by molar-refractivity contribution is 0.168. The number of hydrogen-bond acceptors (Lipinski definition) is 5. The third kappa shape index (κ3) is 2.76. The lowest BCUT2D eigenvalue weighted by Crippen LogP contribution is -2.21. The van der Waals surface area contributed by atoms with E-state index in [0.717, 1.165) is 5.69 Å². The highest BCUT2D eigenvalue weighted by Crippen LogP contribution is 2.07. The highest BCUT2D eigenvalue weighted by molar-refractivity contribution is 5.01. The normalized spacial score (nSPS) is 13.1. The number of nitrogens with zero attached hydrogens (tertiary/aromatic N) is 3. The Bertz CT molecular complexity index is 264. The maximum atomic E-state index is 5.86. The molecule has 0 bridgehead atoms. The Kier molecular flexibility index (Phi) is 4.51. The second-order valence-corrected chi connectivity index (χ2v) is 2.94. The van der Waals surface area contributed by atoms with Crippen LogP contribution in [0.1, 0.15) is 11.7 Å². The van der Waals surface area contributed by atoms with Gasteiger partial charge in [-0.25, -0.2) is 4.68 Å². The van der Waals surface area contributed by atoms with Crippen LogP contribution in [-0.2, 0) is 16.0 Å². The average molecular weight is 200 g/mol. The Labute approximate surface area is 83.0 Å². The summed E-state index contributed by atoms with van der Waals surface area (Å²) >= 11 is 0. The van der Waals surface area contributed by atoms with Gasteiger partial charge in [-0.15, -0.1) is 5.10 Å². The van der Waals surface area contributed by atoms with Crippen LogP contribution < -0.4 is 5.73 Å². The molecule has 2 N–H and O–H groups in total. The fourth-order valence-electron chi connectivity index (χ4n) is 1.17. The summed E-state index contributed by atoms with van der Waals surface area (Å²) in [5.74, 6) is 0. The van der Waals surface area contributed by atoms with Crippen LogP contribution in [-0.4, -0.2) is 42.4 Å². The van der Waals surface area contributed by atoms with Crippen LogP contribution in [0.4, 0.5) is 0 Å². The highest BCUT2D eigenvalue weighted by Gasteiger charge is 2.11. The van der Waals surface area contributed by atoms with E-state index < -0.39 is 0 Å². The van der Waals surface area contributed by atoms with Gasteiger partial charge in [-0.2, -0.15) is 0 Å². The van der Waals surface area contributed by atoms with Gasteiger partial charge in [0.1, 0.15) is 0 Å². The predicted molar refractivity (Wildman–Crippen MR) is 50.7 cm³/mol. The van der Waals surface area contributed by atoms with Gasteiger partial charge in [0.05, 0.1) is 37.7 Å². The summed E-state index contributed by atoms with van der Waals surface area (Å²) in [7, 11) is 3.26. The largest absolute Gasteiger partial charge is 0.383 e. The van der Waals surface area contributed by atoms with E-state index in [0.29, 0.717) is 19.8 Å². The first kappa shape index (κ1) is 11.1. The molecule has 6 heteroatoms. The predicted octanol–water partition coefficient (Wildman–Crippen LogP) is -0.429. The summed E-state index contributed by atoms with van der Waals surface area (Å²) in [6.07, 6.45) is 1.65. The van der Waals surface area contributed by atoms with Gasteiger partial charge in [-0.05, 0) is 0 Å². The summed E-state index contributed by atoms with van der Waals surface area (Å²) < 4.78 is 11.6. The summed E-state index contributed by atoms with van der Waals surface area (Å²) in [5, 5.41) is 7.71. The Morgan fingerprint density at radius 2 is 2.29 bits per heavy atom. The number of ether oxygens (including phenoxy) is 2. The first-order valence-electron chi connectivity index (χ1n) is 4.41. The molecule has 0 radical (unpaired) electrons. The zero-order chi connectivity index (χ0) is 10.4. The maximum absolute atomic E-state index is 5.86. The van der Waals surface area contributed by atoms with Crippen LogP contribution in [0.3, 0.4) is 0 Å². The molecule has 0 spiro atoms. The minimum absolute atomic E-state index is 0.188. The van der Waals surface area contributed by atoms with Crippen molar-refractivity contribution in [2.75, 3.05) is 27.4 Å². The van der Waals surface area contributed by atoms with Crippen molar-refractivity contribution in [3.8, 4) is 0 Å². The fourth-order valence-corrected chi connectivity index (χ4v) is 1.17. The van der Waals surface area contributed by atoms with Crippen molar-refractivity contribution in [1.29, 1.82) is 0 Å². The number of hydrogen-bond donors (Lipinski definition) is 1. The number of nitrogens with two attached hydrogens (primary N) is 1. The second-order valence-electron chi connectivity index (χ2n) is 2.94. The Morgan fingerprint density at radius 1 is 1.50 bits per heavy atom. The lowest BCUT2D eigenvalue weighted by atomic mass is 10.2. The van der Waals surface area contributed by atoms with Crippen LogP contribution in [0.15, 0.2) is 6.20 Å². The molecule has 0 aliphatic rings. The number of aromatic nitrogens is 3. The molecule has 0 aliphatic carbocycles. The second kappa shape index (κ2) is 5.69. The minimum Gasteiger partial charge on any atom is -0.383 e. The minimum atomic E-state index is -0.188. The van der Waals surface area contributed by atoms with Gasteiger partial charge in [0, 0.05) is 14.2 Å². The van der Waals surface area contributed by atoms with Gasteiger partial charge >= 0.3 is 0 Å². The van der Waals surface area contributed by atoms with Crippen molar-refractivity contribution < 1.29 is 9.47 Å². The summed E-state index contributed by atoms with van der Waals surface area (Å²) in [6.45, 7) is 1.71. The van der Waals surface area contributed by atoms with Crippen molar-refractivity contribution in [2.45, 2.75) is 12.6 Å². The molecule has 14 heavy (non-hydrogen) atoms. The fraction of sp³-hybridized carbons (Fsp3) is 0.750. The number of rotatable bonds is 6. The molecular weight excluding hydrogens is 184 g/mol.